The molecule has 21 heavy (non-hydrogen) atoms. The zero-order valence-electron chi connectivity index (χ0n) is 12.0. The quantitative estimate of drug-likeness (QED) is 0.816. The van der Waals surface area contributed by atoms with Crippen molar-refractivity contribution in [2.24, 2.45) is 5.92 Å². The lowest BCUT2D eigenvalue weighted by atomic mass is 9.89. The van der Waals surface area contributed by atoms with E-state index in [1.807, 2.05) is 0 Å². The molecule has 0 aliphatic heterocycles. The summed E-state index contributed by atoms with van der Waals surface area (Å²) in [5.41, 5.74) is 5.85. The molecule has 0 saturated heterocycles. The van der Waals surface area contributed by atoms with Crippen molar-refractivity contribution < 1.29 is 12.8 Å². The van der Waals surface area contributed by atoms with Gasteiger partial charge in [-0.1, -0.05) is 19.3 Å². The number of nitrogens with two attached hydrogens (primary N) is 1. The molecule has 0 atom stereocenters. The van der Waals surface area contributed by atoms with Gasteiger partial charge < -0.3 is 5.73 Å². The van der Waals surface area contributed by atoms with Crippen LogP contribution in [0.15, 0.2) is 21.5 Å². The van der Waals surface area contributed by atoms with E-state index in [4.69, 9.17) is 5.73 Å². The zero-order chi connectivity index (χ0) is 15.6. The molecule has 0 unspecified atom stereocenters. The molecule has 7 heteroatoms. The molecule has 1 fully saturated rings. The van der Waals surface area contributed by atoms with Crippen LogP contribution in [0.2, 0.25) is 0 Å². The van der Waals surface area contributed by atoms with Crippen molar-refractivity contribution in [3.05, 3.63) is 22.4 Å². The van der Waals surface area contributed by atoms with Crippen LogP contribution < -0.4 is 5.73 Å². The number of rotatable bonds is 4. The fourth-order valence-electron chi connectivity index (χ4n) is 2.77. The largest absolute Gasteiger partial charge is 0.399 e. The molecule has 1 aromatic rings. The predicted molar refractivity (Wildman–Crippen MR) is 84.9 cm³/mol. The third-order valence-electron chi connectivity index (χ3n) is 3.95. The van der Waals surface area contributed by atoms with Gasteiger partial charge in [0.25, 0.3) is 0 Å². The van der Waals surface area contributed by atoms with Crippen molar-refractivity contribution in [1.29, 1.82) is 0 Å². The molecule has 0 heterocycles. The van der Waals surface area contributed by atoms with Gasteiger partial charge in [0, 0.05) is 19.3 Å². The second-order valence-corrected chi connectivity index (χ2v) is 8.47. The third kappa shape index (κ3) is 3.76. The standard InChI is InChI=1S/C14H20BrFN2O2S/c1-18(9-10-5-3-2-4-6-10)21(19,20)13-8-11(17)7-12(15)14(13)16/h7-8,10H,2-6,9,17H2,1H3. The Morgan fingerprint density at radius 1 is 1.33 bits per heavy atom. The Morgan fingerprint density at radius 3 is 2.57 bits per heavy atom. The molecule has 0 aromatic heterocycles. The van der Waals surface area contributed by atoms with E-state index in [0.717, 1.165) is 25.7 Å². The monoisotopic (exact) mass is 378 g/mol. The number of hydrogen-bond acceptors (Lipinski definition) is 3. The first-order chi connectivity index (χ1) is 9.82. The molecule has 0 spiro atoms. The summed E-state index contributed by atoms with van der Waals surface area (Å²) < 4.78 is 40.5. The first kappa shape index (κ1) is 16.7. The Labute approximate surface area is 133 Å². The van der Waals surface area contributed by atoms with Gasteiger partial charge in [-0.2, -0.15) is 0 Å². The van der Waals surface area contributed by atoms with Gasteiger partial charge in [0.15, 0.2) is 5.82 Å². The van der Waals surface area contributed by atoms with Crippen LogP contribution in [-0.4, -0.2) is 26.3 Å². The molecule has 118 valence electrons. The Kier molecular flexibility index (Phi) is 5.27. The average Bonchev–Trinajstić information content (AvgIpc) is 2.43. The molecule has 0 radical (unpaired) electrons. The molecular weight excluding hydrogens is 359 g/mol. The summed E-state index contributed by atoms with van der Waals surface area (Å²) in [7, 11) is -2.37. The van der Waals surface area contributed by atoms with Crippen LogP contribution in [0.4, 0.5) is 10.1 Å². The minimum absolute atomic E-state index is 0.0622. The zero-order valence-corrected chi connectivity index (χ0v) is 14.4. The number of anilines is 1. The van der Waals surface area contributed by atoms with Gasteiger partial charge in [0.05, 0.1) is 4.47 Å². The molecule has 2 rings (SSSR count). The van der Waals surface area contributed by atoms with E-state index in [-0.39, 0.29) is 15.1 Å². The lowest BCUT2D eigenvalue weighted by molar-refractivity contribution is 0.299. The highest BCUT2D eigenvalue weighted by Crippen LogP contribution is 2.30. The fraction of sp³-hybridized carbons (Fsp3) is 0.571. The van der Waals surface area contributed by atoms with Crippen molar-refractivity contribution in [2.75, 3.05) is 19.3 Å². The lowest BCUT2D eigenvalue weighted by Crippen LogP contribution is -2.33. The first-order valence-electron chi connectivity index (χ1n) is 7.03. The molecule has 1 aromatic carbocycles. The van der Waals surface area contributed by atoms with Crippen molar-refractivity contribution in [2.45, 2.75) is 37.0 Å². The van der Waals surface area contributed by atoms with Crippen LogP contribution >= 0.6 is 15.9 Å². The molecule has 4 nitrogen and oxygen atoms in total. The van der Waals surface area contributed by atoms with E-state index in [0.29, 0.717) is 12.5 Å². The summed E-state index contributed by atoms with van der Waals surface area (Å²) >= 11 is 3.00. The van der Waals surface area contributed by atoms with E-state index in [1.165, 1.54) is 29.9 Å². The van der Waals surface area contributed by atoms with E-state index in [1.54, 1.807) is 0 Å². The van der Waals surface area contributed by atoms with Crippen LogP contribution in [0.3, 0.4) is 0 Å². The predicted octanol–water partition coefficient (Wildman–Crippen LogP) is 3.37. The van der Waals surface area contributed by atoms with E-state index >= 15 is 0 Å². The van der Waals surface area contributed by atoms with Gasteiger partial charge in [-0.05, 0) is 46.8 Å². The molecular formula is C14H20BrFN2O2S. The van der Waals surface area contributed by atoms with Crippen LogP contribution in [0.25, 0.3) is 0 Å². The second-order valence-electron chi connectivity index (χ2n) is 5.60. The minimum Gasteiger partial charge on any atom is -0.399 e. The number of benzene rings is 1. The Morgan fingerprint density at radius 2 is 1.95 bits per heavy atom. The normalized spacial score (nSPS) is 17.3. The summed E-state index contributed by atoms with van der Waals surface area (Å²) in [5, 5.41) is 0. The number of halogens is 2. The van der Waals surface area contributed by atoms with Gasteiger partial charge in [-0.15, -0.1) is 0 Å². The molecule has 1 saturated carbocycles. The maximum atomic E-state index is 14.1. The molecule has 0 bridgehead atoms. The fourth-order valence-corrected chi connectivity index (χ4v) is 4.74. The summed E-state index contributed by atoms with van der Waals surface area (Å²) in [6, 6.07) is 2.53. The van der Waals surface area contributed by atoms with Crippen molar-refractivity contribution in [1.82, 2.24) is 4.31 Å². The highest BCUT2D eigenvalue weighted by molar-refractivity contribution is 9.10. The van der Waals surface area contributed by atoms with Gasteiger partial charge in [-0.3, -0.25) is 0 Å². The van der Waals surface area contributed by atoms with Crippen LogP contribution in [0.5, 0.6) is 0 Å². The topological polar surface area (TPSA) is 63.4 Å². The highest BCUT2D eigenvalue weighted by Gasteiger charge is 2.28. The van der Waals surface area contributed by atoms with Gasteiger partial charge >= 0.3 is 0 Å². The summed E-state index contributed by atoms with van der Waals surface area (Å²) in [4.78, 5) is -0.368. The Hall–Kier alpha value is -0.660. The number of nitrogen functional groups attached to an aromatic ring is 1. The maximum Gasteiger partial charge on any atom is 0.245 e. The van der Waals surface area contributed by atoms with Crippen LogP contribution in [0.1, 0.15) is 32.1 Å². The number of nitrogens with zero attached hydrogens (tertiary/aromatic N) is 1. The summed E-state index contributed by atoms with van der Waals surface area (Å²) in [6.45, 7) is 0.425. The van der Waals surface area contributed by atoms with Gasteiger partial charge in [0.2, 0.25) is 10.0 Å². The minimum atomic E-state index is -3.87. The van der Waals surface area contributed by atoms with E-state index < -0.39 is 15.8 Å². The van der Waals surface area contributed by atoms with E-state index in [9.17, 15) is 12.8 Å². The summed E-state index contributed by atoms with van der Waals surface area (Å²) in [5.74, 6) is -0.439. The number of sulfonamides is 1. The average molecular weight is 379 g/mol. The van der Waals surface area contributed by atoms with Gasteiger partial charge in [-0.25, -0.2) is 17.1 Å². The molecule has 2 N–H and O–H groups in total. The third-order valence-corrected chi connectivity index (χ3v) is 6.35. The molecule has 1 aliphatic carbocycles. The number of hydrogen-bond donors (Lipinski definition) is 1. The first-order valence-corrected chi connectivity index (χ1v) is 9.26. The maximum absolute atomic E-state index is 14.1. The SMILES string of the molecule is CN(CC1CCCCC1)S(=O)(=O)c1cc(N)cc(Br)c1F. The smallest absolute Gasteiger partial charge is 0.245 e. The second kappa shape index (κ2) is 6.62. The summed E-state index contributed by atoms with van der Waals surface area (Å²) in [6.07, 6.45) is 5.54. The van der Waals surface area contributed by atoms with Crippen LogP contribution in [-0.2, 0) is 10.0 Å². The Balaban J connectivity index is 2.24. The Bertz CT molecular complexity index is 616. The van der Waals surface area contributed by atoms with Crippen LogP contribution in [0, 0.1) is 11.7 Å². The molecule has 1 aliphatic rings. The lowest BCUT2D eigenvalue weighted by Gasteiger charge is -2.26. The van der Waals surface area contributed by atoms with Crippen molar-refractivity contribution >= 4 is 31.6 Å². The van der Waals surface area contributed by atoms with Crippen molar-refractivity contribution in [3.8, 4) is 0 Å². The van der Waals surface area contributed by atoms with Crippen molar-refractivity contribution in [3.63, 3.8) is 0 Å². The highest BCUT2D eigenvalue weighted by atomic mass is 79.9. The van der Waals surface area contributed by atoms with E-state index in [2.05, 4.69) is 15.9 Å². The molecule has 0 amide bonds. The van der Waals surface area contributed by atoms with Gasteiger partial charge in [0.1, 0.15) is 4.90 Å².